The number of benzene rings is 1. The molecule has 2 heterocycles. The lowest BCUT2D eigenvalue weighted by molar-refractivity contribution is -0.138. The van der Waals surface area contributed by atoms with E-state index in [1.165, 1.54) is 12.1 Å². The van der Waals surface area contributed by atoms with Crippen molar-refractivity contribution in [1.82, 2.24) is 9.88 Å². The average Bonchev–Trinajstić information content (AvgIpc) is 2.64. The smallest absolute Gasteiger partial charge is 0.227 e. The maximum Gasteiger partial charge on any atom is 0.227 e. The molecule has 1 aliphatic heterocycles. The van der Waals surface area contributed by atoms with Crippen molar-refractivity contribution in [3.63, 3.8) is 0 Å². The summed E-state index contributed by atoms with van der Waals surface area (Å²) in [6.07, 6.45) is 0.0313. The van der Waals surface area contributed by atoms with E-state index >= 15 is 0 Å². The van der Waals surface area contributed by atoms with Crippen LogP contribution in [0.15, 0.2) is 42.5 Å². The zero-order chi connectivity index (χ0) is 17.8. The number of carbonyl (C=O) groups excluding carboxylic acids is 1. The third-order valence-electron chi connectivity index (χ3n) is 4.23. The summed E-state index contributed by atoms with van der Waals surface area (Å²) in [5, 5.41) is 0. The molecular formula is C19H22FN3O2. The fourth-order valence-electron chi connectivity index (χ4n) is 2.81. The molecule has 1 atom stereocenters. The van der Waals surface area contributed by atoms with E-state index in [1.54, 1.807) is 17.0 Å². The van der Waals surface area contributed by atoms with Crippen LogP contribution >= 0.6 is 0 Å². The SMILES string of the molecule is CN(C)c1cccc(C2CN(C(=O)Cc3ccc(F)cc3)CCO2)n1. The van der Waals surface area contributed by atoms with Gasteiger partial charge in [-0.05, 0) is 29.8 Å². The first-order valence-electron chi connectivity index (χ1n) is 8.31. The highest BCUT2D eigenvalue weighted by molar-refractivity contribution is 5.78. The minimum atomic E-state index is -0.297. The predicted molar refractivity (Wildman–Crippen MR) is 93.9 cm³/mol. The van der Waals surface area contributed by atoms with Crippen LogP contribution in [0.4, 0.5) is 10.2 Å². The average molecular weight is 343 g/mol. The van der Waals surface area contributed by atoms with Crippen LogP contribution < -0.4 is 4.90 Å². The van der Waals surface area contributed by atoms with Crippen molar-refractivity contribution in [2.45, 2.75) is 12.5 Å². The molecule has 1 saturated heterocycles. The fourth-order valence-corrected chi connectivity index (χ4v) is 2.81. The van der Waals surface area contributed by atoms with Crippen LogP contribution in [0, 0.1) is 5.82 Å². The van der Waals surface area contributed by atoms with E-state index in [9.17, 15) is 9.18 Å². The van der Waals surface area contributed by atoms with Crippen LogP contribution in [0.3, 0.4) is 0 Å². The highest BCUT2D eigenvalue weighted by Crippen LogP contribution is 2.23. The second-order valence-corrected chi connectivity index (χ2v) is 6.32. The van der Waals surface area contributed by atoms with E-state index in [0.29, 0.717) is 19.7 Å². The van der Waals surface area contributed by atoms with Crippen LogP contribution in [0.1, 0.15) is 17.4 Å². The minimum absolute atomic E-state index is 0.0173. The Hall–Kier alpha value is -2.47. The molecule has 1 unspecified atom stereocenters. The lowest BCUT2D eigenvalue weighted by Crippen LogP contribution is -2.43. The van der Waals surface area contributed by atoms with Crippen LogP contribution in [0.2, 0.25) is 0 Å². The quantitative estimate of drug-likeness (QED) is 0.855. The zero-order valence-electron chi connectivity index (χ0n) is 14.5. The lowest BCUT2D eigenvalue weighted by Gasteiger charge is -2.33. The van der Waals surface area contributed by atoms with Gasteiger partial charge in [0.15, 0.2) is 0 Å². The Morgan fingerprint density at radius 3 is 2.76 bits per heavy atom. The molecule has 0 N–H and O–H groups in total. The normalized spacial score (nSPS) is 17.4. The van der Waals surface area contributed by atoms with Crippen molar-refractivity contribution in [2.75, 3.05) is 38.7 Å². The number of ether oxygens (including phenoxy) is 1. The number of anilines is 1. The van der Waals surface area contributed by atoms with Crippen LogP contribution in [0.5, 0.6) is 0 Å². The van der Waals surface area contributed by atoms with Gasteiger partial charge in [-0.25, -0.2) is 9.37 Å². The lowest BCUT2D eigenvalue weighted by atomic mass is 10.1. The van der Waals surface area contributed by atoms with Crippen molar-refractivity contribution < 1.29 is 13.9 Å². The summed E-state index contributed by atoms with van der Waals surface area (Å²) in [6, 6.07) is 11.8. The second-order valence-electron chi connectivity index (χ2n) is 6.32. The second kappa shape index (κ2) is 7.61. The Morgan fingerprint density at radius 1 is 1.28 bits per heavy atom. The number of morpholine rings is 1. The van der Waals surface area contributed by atoms with Crippen LogP contribution in [-0.2, 0) is 16.0 Å². The molecule has 6 heteroatoms. The maximum absolute atomic E-state index is 13.0. The van der Waals surface area contributed by atoms with Crippen molar-refractivity contribution >= 4 is 11.7 Å². The molecule has 0 spiro atoms. The molecule has 1 fully saturated rings. The molecule has 1 aromatic heterocycles. The minimum Gasteiger partial charge on any atom is -0.368 e. The number of hydrogen-bond donors (Lipinski definition) is 0. The summed E-state index contributed by atoms with van der Waals surface area (Å²) >= 11 is 0. The molecule has 132 valence electrons. The molecule has 5 nitrogen and oxygen atoms in total. The van der Waals surface area contributed by atoms with Crippen molar-refractivity contribution in [3.8, 4) is 0 Å². The van der Waals surface area contributed by atoms with Crippen molar-refractivity contribution in [3.05, 3.63) is 59.5 Å². The zero-order valence-corrected chi connectivity index (χ0v) is 14.5. The number of amides is 1. The first-order valence-corrected chi connectivity index (χ1v) is 8.31. The third-order valence-corrected chi connectivity index (χ3v) is 4.23. The fraction of sp³-hybridized carbons (Fsp3) is 0.368. The number of nitrogens with zero attached hydrogens (tertiary/aromatic N) is 3. The monoisotopic (exact) mass is 343 g/mol. The van der Waals surface area contributed by atoms with Gasteiger partial charge in [-0.3, -0.25) is 4.79 Å². The van der Waals surface area contributed by atoms with Gasteiger partial charge in [0.2, 0.25) is 5.91 Å². The number of rotatable bonds is 4. The summed E-state index contributed by atoms with van der Waals surface area (Å²) in [5.74, 6) is 0.578. The molecule has 1 aliphatic rings. The Balaban J connectivity index is 1.67. The maximum atomic E-state index is 13.0. The van der Waals surface area contributed by atoms with Gasteiger partial charge in [0, 0.05) is 20.6 Å². The molecule has 1 amide bonds. The molecule has 1 aromatic carbocycles. The van der Waals surface area contributed by atoms with Gasteiger partial charge in [0.05, 0.1) is 25.3 Å². The Morgan fingerprint density at radius 2 is 2.04 bits per heavy atom. The standard InChI is InChI=1S/C19H22FN3O2/c1-22(2)18-5-3-4-16(21-18)17-13-23(10-11-25-17)19(24)12-14-6-8-15(20)9-7-14/h3-9,17H,10-13H2,1-2H3. The first-order chi connectivity index (χ1) is 12.0. The van der Waals surface area contributed by atoms with Gasteiger partial charge < -0.3 is 14.5 Å². The number of halogens is 1. The van der Waals surface area contributed by atoms with E-state index in [2.05, 4.69) is 4.98 Å². The highest BCUT2D eigenvalue weighted by Gasteiger charge is 2.26. The van der Waals surface area contributed by atoms with Gasteiger partial charge in [-0.2, -0.15) is 0 Å². The van der Waals surface area contributed by atoms with E-state index in [0.717, 1.165) is 17.1 Å². The summed E-state index contributed by atoms with van der Waals surface area (Å²) in [6.45, 7) is 1.52. The van der Waals surface area contributed by atoms with Gasteiger partial charge in [-0.1, -0.05) is 18.2 Å². The van der Waals surface area contributed by atoms with E-state index in [1.807, 2.05) is 37.2 Å². The molecular weight excluding hydrogens is 321 g/mol. The summed E-state index contributed by atoms with van der Waals surface area (Å²) in [4.78, 5) is 20.9. The van der Waals surface area contributed by atoms with Crippen LogP contribution in [0.25, 0.3) is 0 Å². The molecule has 0 bridgehead atoms. The van der Waals surface area contributed by atoms with Gasteiger partial charge in [-0.15, -0.1) is 0 Å². The molecule has 0 saturated carbocycles. The van der Waals surface area contributed by atoms with E-state index in [-0.39, 0.29) is 24.2 Å². The highest BCUT2D eigenvalue weighted by atomic mass is 19.1. The van der Waals surface area contributed by atoms with Gasteiger partial charge in [0.25, 0.3) is 0 Å². The number of hydrogen-bond acceptors (Lipinski definition) is 4. The summed E-state index contributed by atoms with van der Waals surface area (Å²) < 4.78 is 18.8. The van der Waals surface area contributed by atoms with E-state index in [4.69, 9.17) is 4.74 Å². The Labute approximate surface area is 147 Å². The molecule has 0 radical (unpaired) electrons. The Bertz CT molecular complexity index is 734. The first kappa shape index (κ1) is 17.4. The topological polar surface area (TPSA) is 45.7 Å². The summed E-state index contributed by atoms with van der Waals surface area (Å²) in [7, 11) is 3.87. The summed E-state index contributed by atoms with van der Waals surface area (Å²) in [5.41, 5.74) is 1.63. The number of aromatic nitrogens is 1. The van der Waals surface area contributed by atoms with Gasteiger partial charge in [0.1, 0.15) is 17.7 Å². The molecule has 3 rings (SSSR count). The van der Waals surface area contributed by atoms with E-state index < -0.39 is 0 Å². The van der Waals surface area contributed by atoms with Gasteiger partial charge >= 0.3 is 0 Å². The number of pyridine rings is 1. The van der Waals surface area contributed by atoms with Crippen LogP contribution in [-0.4, -0.2) is 49.6 Å². The molecule has 2 aromatic rings. The molecule has 0 aliphatic carbocycles. The van der Waals surface area contributed by atoms with Crippen molar-refractivity contribution in [1.29, 1.82) is 0 Å². The largest absolute Gasteiger partial charge is 0.368 e. The van der Waals surface area contributed by atoms with Crippen molar-refractivity contribution in [2.24, 2.45) is 0 Å². The Kier molecular flexibility index (Phi) is 5.28. The predicted octanol–water partition coefficient (Wildman–Crippen LogP) is 2.43. The number of carbonyl (C=O) groups is 1. The third kappa shape index (κ3) is 4.33. The molecule has 25 heavy (non-hydrogen) atoms.